The molecule has 0 unspecified atom stereocenters. The van der Waals surface area contributed by atoms with Crippen LogP contribution in [-0.2, 0) is 4.74 Å². The Kier molecular flexibility index (Phi) is 4.71. The van der Waals surface area contributed by atoms with E-state index in [0.717, 1.165) is 54.6 Å². The molecule has 3 rings (SSSR count). The van der Waals surface area contributed by atoms with E-state index in [1.165, 1.54) is 5.56 Å². The van der Waals surface area contributed by atoms with Crippen LogP contribution in [0.25, 0.3) is 10.9 Å². The monoisotopic (exact) mass is 314 g/mol. The van der Waals surface area contributed by atoms with Crippen molar-refractivity contribution in [3.8, 4) is 0 Å². The molecule has 2 heterocycles. The number of likely N-dealkylation sites (tertiary alicyclic amines) is 1. The van der Waals surface area contributed by atoms with Crippen LogP contribution in [0.1, 0.15) is 47.8 Å². The summed E-state index contributed by atoms with van der Waals surface area (Å²) in [7, 11) is 0. The molecule has 1 aromatic carbocycles. The number of benzene rings is 1. The van der Waals surface area contributed by atoms with Crippen molar-refractivity contribution in [1.82, 2.24) is 9.88 Å². The van der Waals surface area contributed by atoms with Gasteiger partial charge >= 0.3 is 0 Å². The fraction of sp³-hybridized carbons (Fsp3) is 0.526. The third-order valence-corrected chi connectivity index (χ3v) is 4.78. The Morgan fingerprint density at radius 3 is 3.00 bits per heavy atom. The number of H-pyrrole nitrogens is 1. The van der Waals surface area contributed by atoms with E-state index < -0.39 is 0 Å². The lowest BCUT2D eigenvalue weighted by Gasteiger charge is -2.32. The quantitative estimate of drug-likeness (QED) is 0.932. The summed E-state index contributed by atoms with van der Waals surface area (Å²) in [5, 5.41) is 1.14. The van der Waals surface area contributed by atoms with Gasteiger partial charge in [-0.15, -0.1) is 0 Å². The first-order valence-electron chi connectivity index (χ1n) is 8.60. The van der Waals surface area contributed by atoms with Crippen LogP contribution in [0.15, 0.2) is 18.2 Å². The molecule has 1 aliphatic rings. The molecule has 1 N–H and O–H groups in total. The highest BCUT2D eigenvalue weighted by Crippen LogP contribution is 2.24. The maximum Gasteiger partial charge on any atom is 0.253 e. The van der Waals surface area contributed by atoms with Crippen LogP contribution in [0.5, 0.6) is 0 Å². The average molecular weight is 314 g/mol. The first kappa shape index (κ1) is 16.1. The summed E-state index contributed by atoms with van der Waals surface area (Å²) < 4.78 is 5.84. The second-order valence-corrected chi connectivity index (χ2v) is 6.52. The number of fused-ring (bicyclic) bond motifs is 1. The molecule has 124 valence electrons. The Hall–Kier alpha value is -1.81. The highest BCUT2D eigenvalue weighted by Gasteiger charge is 2.25. The Labute approximate surface area is 137 Å². The number of aromatic amines is 1. The molecule has 1 fully saturated rings. The van der Waals surface area contributed by atoms with Crippen molar-refractivity contribution in [3.63, 3.8) is 0 Å². The molecule has 0 aliphatic carbocycles. The molecule has 23 heavy (non-hydrogen) atoms. The number of amides is 1. The molecular formula is C19H26N2O2. The minimum Gasteiger partial charge on any atom is -0.376 e. The predicted octanol–water partition coefficient (Wildman–Crippen LogP) is 3.82. The van der Waals surface area contributed by atoms with Gasteiger partial charge in [-0.3, -0.25) is 4.79 Å². The van der Waals surface area contributed by atoms with Gasteiger partial charge in [0.05, 0.1) is 6.10 Å². The molecule has 1 amide bonds. The van der Waals surface area contributed by atoms with Gasteiger partial charge in [0.2, 0.25) is 0 Å². The Balaban J connectivity index is 1.78. The number of hydrogen-bond acceptors (Lipinski definition) is 2. The van der Waals surface area contributed by atoms with Gasteiger partial charge in [0.1, 0.15) is 0 Å². The Bertz CT molecular complexity index is 705. The number of piperidine rings is 1. The van der Waals surface area contributed by atoms with E-state index in [1.54, 1.807) is 0 Å². The van der Waals surface area contributed by atoms with Gasteiger partial charge in [0, 0.05) is 41.9 Å². The SMILES string of the molecule is CCCO[C@@H]1CCCN(C(=O)c2ccc3[nH]c(C)c(C)c3c2)C1. The molecule has 0 spiro atoms. The molecular weight excluding hydrogens is 288 g/mol. The van der Waals surface area contributed by atoms with Crippen molar-refractivity contribution in [2.24, 2.45) is 0 Å². The third kappa shape index (κ3) is 3.27. The van der Waals surface area contributed by atoms with Gasteiger partial charge < -0.3 is 14.6 Å². The van der Waals surface area contributed by atoms with Crippen LogP contribution in [-0.4, -0.2) is 41.6 Å². The van der Waals surface area contributed by atoms with E-state index in [4.69, 9.17) is 4.74 Å². The van der Waals surface area contributed by atoms with Crippen molar-refractivity contribution in [1.29, 1.82) is 0 Å². The number of carbonyl (C=O) groups is 1. The van der Waals surface area contributed by atoms with Crippen molar-refractivity contribution in [2.45, 2.75) is 46.1 Å². The van der Waals surface area contributed by atoms with E-state index in [9.17, 15) is 4.79 Å². The lowest BCUT2D eigenvalue weighted by atomic mass is 10.0. The largest absolute Gasteiger partial charge is 0.376 e. The second kappa shape index (κ2) is 6.75. The fourth-order valence-electron chi connectivity index (χ4n) is 3.32. The molecule has 1 aliphatic heterocycles. The highest BCUT2D eigenvalue weighted by molar-refractivity contribution is 5.99. The third-order valence-electron chi connectivity index (χ3n) is 4.78. The maximum absolute atomic E-state index is 12.8. The molecule has 0 saturated carbocycles. The van der Waals surface area contributed by atoms with Crippen molar-refractivity contribution in [3.05, 3.63) is 35.0 Å². The summed E-state index contributed by atoms with van der Waals surface area (Å²) in [4.78, 5) is 18.1. The standard InChI is InChI=1S/C19H26N2O2/c1-4-10-23-16-6-5-9-21(12-16)19(22)15-7-8-18-17(11-15)13(2)14(3)20-18/h7-8,11,16,20H,4-6,9-10,12H2,1-3H3/t16-/m1/s1. The summed E-state index contributed by atoms with van der Waals surface area (Å²) in [6, 6.07) is 5.96. The van der Waals surface area contributed by atoms with Crippen LogP contribution in [0.2, 0.25) is 0 Å². The number of nitrogens with one attached hydrogen (secondary N) is 1. The number of carbonyl (C=O) groups excluding carboxylic acids is 1. The molecule has 4 nitrogen and oxygen atoms in total. The van der Waals surface area contributed by atoms with Crippen molar-refractivity contribution in [2.75, 3.05) is 19.7 Å². The van der Waals surface area contributed by atoms with Crippen LogP contribution in [0.3, 0.4) is 0 Å². The molecule has 0 bridgehead atoms. The Morgan fingerprint density at radius 2 is 2.22 bits per heavy atom. The van der Waals surface area contributed by atoms with E-state index in [1.807, 2.05) is 23.1 Å². The normalized spacial score (nSPS) is 18.6. The van der Waals surface area contributed by atoms with Gasteiger partial charge in [-0.1, -0.05) is 6.92 Å². The lowest BCUT2D eigenvalue weighted by molar-refractivity contribution is 0.00212. The predicted molar refractivity (Wildman–Crippen MR) is 92.9 cm³/mol. The minimum absolute atomic E-state index is 0.120. The summed E-state index contributed by atoms with van der Waals surface area (Å²) in [5.74, 6) is 0.120. The van der Waals surface area contributed by atoms with Gasteiger partial charge in [-0.2, -0.15) is 0 Å². The molecule has 1 saturated heterocycles. The van der Waals surface area contributed by atoms with Crippen molar-refractivity contribution >= 4 is 16.8 Å². The van der Waals surface area contributed by atoms with Gasteiger partial charge in [0.25, 0.3) is 5.91 Å². The van der Waals surface area contributed by atoms with Crippen LogP contribution in [0, 0.1) is 13.8 Å². The summed E-state index contributed by atoms with van der Waals surface area (Å²) in [5.41, 5.74) is 4.25. The molecule has 2 aromatic rings. The van der Waals surface area contributed by atoms with E-state index in [2.05, 4.69) is 25.8 Å². The molecule has 0 radical (unpaired) electrons. The summed E-state index contributed by atoms with van der Waals surface area (Å²) in [6.07, 6.45) is 3.28. The number of nitrogens with zero attached hydrogens (tertiary/aromatic N) is 1. The summed E-state index contributed by atoms with van der Waals surface area (Å²) >= 11 is 0. The first-order chi connectivity index (χ1) is 11.1. The molecule has 1 atom stereocenters. The number of rotatable bonds is 4. The second-order valence-electron chi connectivity index (χ2n) is 6.52. The van der Waals surface area contributed by atoms with Gasteiger partial charge in [-0.25, -0.2) is 0 Å². The van der Waals surface area contributed by atoms with E-state index >= 15 is 0 Å². The molecule has 1 aromatic heterocycles. The number of ether oxygens (including phenoxy) is 1. The van der Waals surface area contributed by atoms with E-state index in [0.29, 0.717) is 6.54 Å². The lowest BCUT2D eigenvalue weighted by Crippen LogP contribution is -2.43. The van der Waals surface area contributed by atoms with Crippen molar-refractivity contribution < 1.29 is 9.53 Å². The number of hydrogen-bond donors (Lipinski definition) is 1. The number of aryl methyl sites for hydroxylation is 2. The molecule has 4 heteroatoms. The fourth-order valence-corrected chi connectivity index (χ4v) is 3.32. The van der Waals surface area contributed by atoms with Crippen LogP contribution in [0.4, 0.5) is 0 Å². The Morgan fingerprint density at radius 1 is 1.39 bits per heavy atom. The average Bonchev–Trinajstić information content (AvgIpc) is 2.86. The smallest absolute Gasteiger partial charge is 0.253 e. The minimum atomic E-state index is 0.120. The summed E-state index contributed by atoms with van der Waals surface area (Å²) in [6.45, 7) is 8.59. The van der Waals surface area contributed by atoms with Gasteiger partial charge in [-0.05, 0) is 56.9 Å². The van der Waals surface area contributed by atoms with Gasteiger partial charge in [0.15, 0.2) is 0 Å². The zero-order chi connectivity index (χ0) is 16.4. The van der Waals surface area contributed by atoms with Crippen LogP contribution >= 0.6 is 0 Å². The zero-order valence-electron chi connectivity index (χ0n) is 14.3. The number of aromatic nitrogens is 1. The van der Waals surface area contributed by atoms with E-state index in [-0.39, 0.29) is 12.0 Å². The first-order valence-corrected chi connectivity index (χ1v) is 8.60. The highest BCUT2D eigenvalue weighted by atomic mass is 16.5. The zero-order valence-corrected chi connectivity index (χ0v) is 14.3. The topological polar surface area (TPSA) is 45.3 Å². The maximum atomic E-state index is 12.8. The van der Waals surface area contributed by atoms with Crippen LogP contribution < -0.4 is 0 Å².